The van der Waals surface area contributed by atoms with Gasteiger partial charge in [0.2, 0.25) is 0 Å². The molecule has 0 saturated heterocycles. The molecule has 2 rings (SSSR count). The maximum absolute atomic E-state index is 5.89. The number of hydrazine groups is 1. The van der Waals surface area contributed by atoms with E-state index < -0.39 is 0 Å². The number of nitrogens with zero attached hydrogens (tertiary/aromatic N) is 2. The average Bonchev–Trinajstić information content (AvgIpc) is 2.84. The maximum atomic E-state index is 5.89. The molecular weight excluding hydrogens is 244 g/mol. The van der Waals surface area contributed by atoms with E-state index >= 15 is 0 Å². The number of rotatable bonds is 4. The van der Waals surface area contributed by atoms with E-state index in [1.165, 1.54) is 4.88 Å². The lowest BCUT2D eigenvalue weighted by Crippen LogP contribution is -2.29. The highest BCUT2D eigenvalue weighted by atomic mass is 35.5. The SMILES string of the molecule is Cn1cc(C(Cc2ccc(Cl)s2)NN)cn1. The van der Waals surface area contributed by atoms with Gasteiger partial charge in [0.1, 0.15) is 0 Å². The molecule has 1 atom stereocenters. The molecule has 0 aromatic carbocycles. The van der Waals surface area contributed by atoms with E-state index in [9.17, 15) is 0 Å². The highest BCUT2D eigenvalue weighted by Gasteiger charge is 2.13. The van der Waals surface area contributed by atoms with E-state index in [2.05, 4.69) is 10.5 Å². The number of nitrogens with two attached hydrogens (primary N) is 1. The van der Waals surface area contributed by atoms with Crippen LogP contribution in [-0.2, 0) is 13.5 Å². The molecule has 2 aromatic rings. The van der Waals surface area contributed by atoms with E-state index in [4.69, 9.17) is 17.4 Å². The third-order valence-electron chi connectivity index (χ3n) is 2.36. The quantitative estimate of drug-likeness (QED) is 0.649. The minimum absolute atomic E-state index is 0.0726. The van der Waals surface area contributed by atoms with Gasteiger partial charge in [-0.3, -0.25) is 16.0 Å². The highest BCUT2D eigenvalue weighted by molar-refractivity contribution is 7.16. The van der Waals surface area contributed by atoms with Gasteiger partial charge in [0.05, 0.1) is 16.6 Å². The van der Waals surface area contributed by atoms with Gasteiger partial charge in [-0.1, -0.05) is 11.6 Å². The van der Waals surface area contributed by atoms with Crippen LogP contribution >= 0.6 is 22.9 Å². The molecule has 16 heavy (non-hydrogen) atoms. The summed E-state index contributed by atoms with van der Waals surface area (Å²) in [6, 6.07) is 4.00. The van der Waals surface area contributed by atoms with Crippen molar-refractivity contribution in [1.29, 1.82) is 0 Å². The largest absolute Gasteiger partial charge is 0.275 e. The van der Waals surface area contributed by atoms with Crippen molar-refractivity contribution >= 4 is 22.9 Å². The van der Waals surface area contributed by atoms with Crippen LogP contribution < -0.4 is 11.3 Å². The Morgan fingerprint density at radius 3 is 2.94 bits per heavy atom. The summed E-state index contributed by atoms with van der Waals surface area (Å²) in [6.07, 6.45) is 4.60. The Bertz CT molecular complexity index is 465. The zero-order valence-corrected chi connectivity index (χ0v) is 10.4. The molecule has 2 aromatic heterocycles. The standard InChI is InChI=1S/C10H13ClN4S/c1-15-6-7(5-13-15)9(14-12)4-8-2-3-10(11)16-8/h2-3,5-6,9,14H,4,12H2,1H3. The maximum Gasteiger partial charge on any atom is 0.0931 e. The van der Waals surface area contributed by atoms with Gasteiger partial charge in [-0.05, 0) is 12.1 Å². The molecule has 0 fully saturated rings. The smallest absolute Gasteiger partial charge is 0.0931 e. The Morgan fingerprint density at radius 2 is 2.44 bits per heavy atom. The van der Waals surface area contributed by atoms with Crippen LogP contribution in [-0.4, -0.2) is 9.78 Å². The van der Waals surface area contributed by atoms with Gasteiger partial charge in [-0.15, -0.1) is 11.3 Å². The number of thiophene rings is 1. The van der Waals surface area contributed by atoms with E-state index in [0.717, 1.165) is 16.3 Å². The Kier molecular flexibility index (Phi) is 3.60. The summed E-state index contributed by atoms with van der Waals surface area (Å²) in [6.45, 7) is 0. The molecule has 0 spiro atoms. The van der Waals surface area contributed by atoms with Crippen molar-refractivity contribution in [2.24, 2.45) is 12.9 Å². The molecule has 0 saturated carbocycles. The van der Waals surface area contributed by atoms with Crippen molar-refractivity contribution in [2.45, 2.75) is 12.5 Å². The summed E-state index contributed by atoms with van der Waals surface area (Å²) in [4.78, 5) is 1.21. The van der Waals surface area contributed by atoms with Crippen molar-refractivity contribution < 1.29 is 0 Å². The first-order valence-corrected chi connectivity index (χ1v) is 6.07. The number of hydrogen-bond acceptors (Lipinski definition) is 4. The molecule has 3 N–H and O–H groups in total. The number of aromatic nitrogens is 2. The molecule has 0 amide bonds. The van der Waals surface area contributed by atoms with Crippen molar-refractivity contribution in [3.63, 3.8) is 0 Å². The third-order valence-corrected chi connectivity index (χ3v) is 3.62. The molecule has 1 unspecified atom stereocenters. The number of nitrogens with one attached hydrogen (secondary N) is 1. The molecular formula is C10H13ClN4S. The molecule has 0 aliphatic rings. The van der Waals surface area contributed by atoms with Crippen LogP contribution in [0.4, 0.5) is 0 Å². The first-order chi connectivity index (χ1) is 7.69. The van der Waals surface area contributed by atoms with Gasteiger partial charge in [0, 0.05) is 30.1 Å². The predicted molar refractivity (Wildman–Crippen MR) is 66.3 cm³/mol. The van der Waals surface area contributed by atoms with Crippen LogP contribution in [0.3, 0.4) is 0 Å². The molecule has 2 heterocycles. The summed E-state index contributed by atoms with van der Waals surface area (Å²) in [5, 5.41) is 4.13. The molecule has 6 heteroatoms. The zero-order chi connectivity index (χ0) is 11.5. The van der Waals surface area contributed by atoms with Crippen LogP contribution in [0, 0.1) is 0 Å². The predicted octanol–water partition coefficient (Wildman–Crippen LogP) is 1.88. The Balaban J connectivity index is 2.12. The monoisotopic (exact) mass is 256 g/mol. The number of aryl methyl sites for hydroxylation is 1. The van der Waals surface area contributed by atoms with Crippen LogP contribution in [0.15, 0.2) is 24.5 Å². The lowest BCUT2D eigenvalue weighted by atomic mass is 10.1. The third kappa shape index (κ3) is 2.62. The molecule has 86 valence electrons. The van der Waals surface area contributed by atoms with E-state index in [1.807, 2.05) is 31.6 Å². The zero-order valence-electron chi connectivity index (χ0n) is 8.85. The molecule has 0 aliphatic heterocycles. The second-order valence-corrected chi connectivity index (χ2v) is 5.38. The van der Waals surface area contributed by atoms with Crippen molar-refractivity contribution in [1.82, 2.24) is 15.2 Å². The van der Waals surface area contributed by atoms with E-state index in [-0.39, 0.29) is 6.04 Å². The van der Waals surface area contributed by atoms with Gasteiger partial charge in [-0.25, -0.2) is 0 Å². The summed E-state index contributed by atoms with van der Waals surface area (Å²) >= 11 is 7.46. The second kappa shape index (κ2) is 4.97. The summed E-state index contributed by atoms with van der Waals surface area (Å²) in [5.41, 5.74) is 3.88. The van der Waals surface area contributed by atoms with Crippen LogP contribution in [0.5, 0.6) is 0 Å². The topological polar surface area (TPSA) is 55.9 Å². The Hall–Kier alpha value is -0.880. The first-order valence-electron chi connectivity index (χ1n) is 4.88. The fourth-order valence-corrected chi connectivity index (χ4v) is 2.69. The van der Waals surface area contributed by atoms with Gasteiger partial charge >= 0.3 is 0 Å². The lowest BCUT2D eigenvalue weighted by Gasteiger charge is -2.12. The van der Waals surface area contributed by atoms with Crippen molar-refractivity contribution in [2.75, 3.05) is 0 Å². The second-order valence-electron chi connectivity index (χ2n) is 3.58. The van der Waals surface area contributed by atoms with Crippen molar-refractivity contribution in [3.8, 4) is 0 Å². The molecule has 0 bridgehead atoms. The van der Waals surface area contributed by atoms with Crippen LogP contribution in [0.1, 0.15) is 16.5 Å². The molecule has 0 radical (unpaired) electrons. The minimum Gasteiger partial charge on any atom is -0.275 e. The highest BCUT2D eigenvalue weighted by Crippen LogP contribution is 2.26. The van der Waals surface area contributed by atoms with Gasteiger partial charge in [-0.2, -0.15) is 5.10 Å². The molecule has 0 aliphatic carbocycles. The van der Waals surface area contributed by atoms with Crippen molar-refractivity contribution in [3.05, 3.63) is 39.3 Å². The van der Waals surface area contributed by atoms with Gasteiger partial charge < -0.3 is 0 Å². The summed E-state index contributed by atoms with van der Waals surface area (Å²) < 4.78 is 2.57. The number of hydrogen-bond donors (Lipinski definition) is 2. The summed E-state index contributed by atoms with van der Waals surface area (Å²) in [5.74, 6) is 5.55. The number of halogens is 1. The Morgan fingerprint density at radius 1 is 1.62 bits per heavy atom. The van der Waals surface area contributed by atoms with E-state index in [0.29, 0.717) is 0 Å². The fraction of sp³-hybridized carbons (Fsp3) is 0.300. The first kappa shape index (κ1) is 11.6. The van der Waals surface area contributed by atoms with Crippen LogP contribution in [0.2, 0.25) is 4.34 Å². The molecule has 4 nitrogen and oxygen atoms in total. The lowest BCUT2D eigenvalue weighted by molar-refractivity contribution is 0.555. The van der Waals surface area contributed by atoms with Gasteiger partial charge in [0.15, 0.2) is 0 Å². The fourth-order valence-electron chi connectivity index (χ4n) is 1.56. The van der Waals surface area contributed by atoms with Gasteiger partial charge in [0.25, 0.3) is 0 Å². The minimum atomic E-state index is 0.0726. The summed E-state index contributed by atoms with van der Waals surface area (Å²) in [7, 11) is 1.89. The Labute approximate surface area is 103 Å². The normalized spacial score (nSPS) is 12.9. The van der Waals surface area contributed by atoms with Crippen LogP contribution in [0.25, 0.3) is 0 Å². The van der Waals surface area contributed by atoms with E-state index in [1.54, 1.807) is 16.0 Å². The average molecular weight is 257 g/mol.